The Labute approximate surface area is 152 Å². The standard InChI is InChI=1S/C21H34O4/c1-5-7-9-16(6-2)15-25-20(24)10-8-13-21(3,4)18-12-11-17(22)14-19(18)23/h11-12,14,16,22-23H,5-10,13,15H2,1-4H3. The van der Waals surface area contributed by atoms with E-state index < -0.39 is 0 Å². The molecule has 1 aromatic carbocycles. The Morgan fingerprint density at radius 1 is 1.20 bits per heavy atom. The van der Waals surface area contributed by atoms with Gasteiger partial charge in [-0.1, -0.05) is 53.0 Å². The van der Waals surface area contributed by atoms with Crippen LogP contribution in [-0.4, -0.2) is 22.8 Å². The highest BCUT2D eigenvalue weighted by molar-refractivity contribution is 5.69. The zero-order valence-electron chi connectivity index (χ0n) is 16.2. The SMILES string of the molecule is CCCCC(CC)COC(=O)CCCC(C)(C)c1ccc(O)cc1O. The largest absolute Gasteiger partial charge is 0.508 e. The maximum atomic E-state index is 12.0. The monoisotopic (exact) mass is 350 g/mol. The zero-order chi connectivity index (χ0) is 18.9. The second-order valence-corrected chi connectivity index (χ2v) is 7.54. The highest BCUT2D eigenvalue weighted by Crippen LogP contribution is 2.36. The number of phenols is 2. The lowest BCUT2D eigenvalue weighted by Crippen LogP contribution is -2.19. The van der Waals surface area contributed by atoms with Gasteiger partial charge in [0, 0.05) is 12.5 Å². The van der Waals surface area contributed by atoms with E-state index in [9.17, 15) is 15.0 Å². The number of esters is 1. The number of ether oxygens (including phenoxy) is 1. The van der Waals surface area contributed by atoms with Gasteiger partial charge < -0.3 is 14.9 Å². The van der Waals surface area contributed by atoms with E-state index in [0.717, 1.165) is 24.8 Å². The van der Waals surface area contributed by atoms with Crippen molar-refractivity contribution in [2.45, 2.75) is 78.1 Å². The lowest BCUT2D eigenvalue weighted by Gasteiger charge is -2.26. The van der Waals surface area contributed by atoms with Crippen LogP contribution in [0.1, 0.15) is 78.2 Å². The number of aromatic hydroxyl groups is 2. The van der Waals surface area contributed by atoms with Gasteiger partial charge in [0.15, 0.2) is 0 Å². The summed E-state index contributed by atoms with van der Waals surface area (Å²) in [5.74, 6) is 0.471. The van der Waals surface area contributed by atoms with Crippen molar-refractivity contribution in [2.75, 3.05) is 6.61 Å². The first-order chi connectivity index (χ1) is 11.8. The molecule has 0 amide bonds. The minimum absolute atomic E-state index is 0.0502. The number of carbonyl (C=O) groups excluding carboxylic acids is 1. The summed E-state index contributed by atoms with van der Waals surface area (Å²) in [5, 5.41) is 19.4. The molecule has 0 saturated carbocycles. The fourth-order valence-corrected chi connectivity index (χ4v) is 3.08. The Kier molecular flexibility index (Phi) is 8.81. The van der Waals surface area contributed by atoms with Gasteiger partial charge in [-0.15, -0.1) is 0 Å². The topological polar surface area (TPSA) is 66.8 Å². The quantitative estimate of drug-likeness (QED) is 0.531. The third-order valence-electron chi connectivity index (χ3n) is 4.92. The van der Waals surface area contributed by atoms with E-state index in [4.69, 9.17) is 4.74 Å². The highest BCUT2D eigenvalue weighted by Gasteiger charge is 2.24. The first-order valence-corrected chi connectivity index (χ1v) is 9.48. The van der Waals surface area contributed by atoms with Crippen LogP contribution in [-0.2, 0) is 14.9 Å². The summed E-state index contributed by atoms with van der Waals surface area (Å²) in [6.45, 7) is 8.90. The number of unbranched alkanes of at least 4 members (excludes halogenated alkanes) is 1. The molecule has 0 bridgehead atoms. The molecule has 0 fully saturated rings. The van der Waals surface area contributed by atoms with E-state index in [2.05, 4.69) is 13.8 Å². The van der Waals surface area contributed by atoms with E-state index in [0.29, 0.717) is 25.4 Å². The van der Waals surface area contributed by atoms with Crippen molar-refractivity contribution in [3.05, 3.63) is 23.8 Å². The number of hydrogen-bond donors (Lipinski definition) is 2. The summed E-state index contributed by atoms with van der Waals surface area (Å²) in [7, 11) is 0. The Balaban J connectivity index is 2.41. The van der Waals surface area contributed by atoms with E-state index in [1.54, 1.807) is 12.1 Å². The molecule has 0 aliphatic carbocycles. The summed E-state index contributed by atoms with van der Waals surface area (Å²) in [6, 6.07) is 4.67. The van der Waals surface area contributed by atoms with Gasteiger partial charge in [-0.3, -0.25) is 4.79 Å². The van der Waals surface area contributed by atoms with Gasteiger partial charge in [0.25, 0.3) is 0 Å². The molecule has 1 unspecified atom stereocenters. The van der Waals surface area contributed by atoms with Gasteiger partial charge >= 0.3 is 5.97 Å². The van der Waals surface area contributed by atoms with Crippen LogP contribution in [0.15, 0.2) is 18.2 Å². The molecule has 0 aliphatic heterocycles. The van der Waals surface area contributed by atoms with Crippen LogP contribution in [0.2, 0.25) is 0 Å². The molecule has 0 spiro atoms. The second-order valence-electron chi connectivity index (χ2n) is 7.54. The average molecular weight is 350 g/mol. The van der Waals surface area contributed by atoms with Crippen molar-refractivity contribution in [3.63, 3.8) is 0 Å². The molecule has 1 aromatic rings. The van der Waals surface area contributed by atoms with Crippen LogP contribution in [0.4, 0.5) is 0 Å². The molecule has 0 saturated heterocycles. The molecule has 0 aliphatic rings. The van der Waals surface area contributed by atoms with Crippen molar-refractivity contribution in [3.8, 4) is 11.5 Å². The maximum absolute atomic E-state index is 12.0. The normalized spacial score (nSPS) is 12.8. The molecule has 142 valence electrons. The lowest BCUT2D eigenvalue weighted by molar-refractivity contribution is -0.145. The van der Waals surface area contributed by atoms with Crippen LogP contribution in [0.25, 0.3) is 0 Å². The van der Waals surface area contributed by atoms with E-state index in [1.165, 1.54) is 18.9 Å². The smallest absolute Gasteiger partial charge is 0.305 e. The van der Waals surface area contributed by atoms with Crippen molar-refractivity contribution in [1.29, 1.82) is 0 Å². The number of benzene rings is 1. The third kappa shape index (κ3) is 7.37. The van der Waals surface area contributed by atoms with Gasteiger partial charge in [0.1, 0.15) is 11.5 Å². The number of hydrogen-bond acceptors (Lipinski definition) is 4. The number of phenolic OH excluding ortho intramolecular Hbond substituents is 2. The van der Waals surface area contributed by atoms with E-state index in [-0.39, 0.29) is 22.9 Å². The molecular formula is C21H34O4. The van der Waals surface area contributed by atoms with Gasteiger partial charge in [-0.05, 0) is 42.2 Å². The molecule has 4 heteroatoms. The number of carbonyl (C=O) groups is 1. The summed E-state index contributed by atoms with van der Waals surface area (Å²) < 4.78 is 5.43. The molecular weight excluding hydrogens is 316 g/mol. The fourth-order valence-electron chi connectivity index (χ4n) is 3.08. The second kappa shape index (κ2) is 10.3. The summed E-state index contributed by atoms with van der Waals surface area (Å²) >= 11 is 0. The fraction of sp³-hybridized carbons (Fsp3) is 0.667. The highest BCUT2D eigenvalue weighted by atomic mass is 16.5. The maximum Gasteiger partial charge on any atom is 0.305 e. The summed E-state index contributed by atoms with van der Waals surface area (Å²) in [4.78, 5) is 12.0. The number of rotatable bonds is 11. The summed E-state index contributed by atoms with van der Waals surface area (Å²) in [5.41, 5.74) is 0.509. The van der Waals surface area contributed by atoms with Crippen LogP contribution >= 0.6 is 0 Å². The first-order valence-electron chi connectivity index (χ1n) is 9.48. The molecule has 1 rings (SSSR count). The van der Waals surface area contributed by atoms with Crippen LogP contribution in [0.5, 0.6) is 11.5 Å². The minimum atomic E-state index is -0.273. The molecule has 25 heavy (non-hydrogen) atoms. The van der Waals surface area contributed by atoms with Crippen molar-refractivity contribution < 1.29 is 19.7 Å². The third-order valence-corrected chi connectivity index (χ3v) is 4.92. The van der Waals surface area contributed by atoms with Gasteiger partial charge in [0.2, 0.25) is 0 Å². The molecule has 2 N–H and O–H groups in total. The van der Waals surface area contributed by atoms with Gasteiger partial charge in [-0.25, -0.2) is 0 Å². The van der Waals surface area contributed by atoms with Crippen molar-refractivity contribution in [1.82, 2.24) is 0 Å². The van der Waals surface area contributed by atoms with Crippen LogP contribution < -0.4 is 0 Å². The Morgan fingerprint density at radius 3 is 2.52 bits per heavy atom. The predicted molar refractivity (Wildman–Crippen MR) is 101 cm³/mol. The van der Waals surface area contributed by atoms with E-state index >= 15 is 0 Å². The first kappa shape index (κ1) is 21.3. The molecule has 1 atom stereocenters. The minimum Gasteiger partial charge on any atom is -0.508 e. The summed E-state index contributed by atoms with van der Waals surface area (Å²) in [6.07, 6.45) is 6.37. The Morgan fingerprint density at radius 2 is 1.92 bits per heavy atom. The van der Waals surface area contributed by atoms with Crippen molar-refractivity contribution >= 4 is 5.97 Å². The van der Waals surface area contributed by atoms with Crippen LogP contribution in [0.3, 0.4) is 0 Å². The zero-order valence-corrected chi connectivity index (χ0v) is 16.2. The van der Waals surface area contributed by atoms with E-state index in [1.807, 2.05) is 13.8 Å². The average Bonchev–Trinajstić information content (AvgIpc) is 2.54. The molecule has 0 heterocycles. The Bertz CT molecular complexity index is 537. The molecule has 0 aromatic heterocycles. The molecule has 0 radical (unpaired) electrons. The van der Waals surface area contributed by atoms with Crippen molar-refractivity contribution in [2.24, 2.45) is 5.92 Å². The lowest BCUT2D eigenvalue weighted by atomic mass is 9.79. The molecule has 4 nitrogen and oxygen atoms in total. The van der Waals surface area contributed by atoms with Gasteiger partial charge in [-0.2, -0.15) is 0 Å². The predicted octanol–water partition coefficient (Wildman–Crippen LogP) is 5.31. The van der Waals surface area contributed by atoms with Crippen LogP contribution in [0, 0.1) is 5.92 Å². The van der Waals surface area contributed by atoms with Gasteiger partial charge in [0.05, 0.1) is 6.61 Å². The Hall–Kier alpha value is -1.71.